The van der Waals surface area contributed by atoms with E-state index in [9.17, 15) is 19.8 Å². The van der Waals surface area contributed by atoms with Gasteiger partial charge in [-0.15, -0.1) is 11.3 Å². The van der Waals surface area contributed by atoms with Crippen LogP contribution in [0.1, 0.15) is 30.2 Å². The Kier molecular flexibility index (Phi) is 9.10. The highest BCUT2D eigenvalue weighted by atomic mass is 35.5. The highest BCUT2D eigenvalue weighted by molar-refractivity contribution is 7.10. The number of nitrogens with zero attached hydrogens (tertiary/aromatic N) is 1. The normalized spacial score (nSPS) is 17.2. The van der Waals surface area contributed by atoms with E-state index < -0.39 is 24.0 Å². The van der Waals surface area contributed by atoms with Gasteiger partial charge in [-0.2, -0.15) is 0 Å². The van der Waals surface area contributed by atoms with E-state index in [-0.39, 0.29) is 6.54 Å². The molecule has 2 heterocycles. The maximum atomic E-state index is 12.1. The second-order valence-electron chi connectivity index (χ2n) is 6.82. The van der Waals surface area contributed by atoms with Crippen molar-refractivity contribution in [3.8, 4) is 0 Å². The van der Waals surface area contributed by atoms with Crippen LogP contribution in [0.2, 0.25) is 0 Å². The van der Waals surface area contributed by atoms with E-state index in [1.807, 2.05) is 30.5 Å². The van der Waals surface area contributed by atoms with Crippen molar-refractivity contribution in [1.82, 2.24) is 10.2 Å². The molecule has 2 amide bonds. The number of thiophene rings is 1. The molecule has 0 spiro atoms. The second-order valence-corrected chi connectivity index (χ2v) is 8.22. The van der Waals surface area contributed by atoms with Gasteiger partial charge in [0.2, 0.25) is 0 Å². The molecule has 1 aromatic rings. The van der Waals surface area contributed by atoms with Gasteiger partial charge in [0.05, 0.1) is 6.54 Å². The van der Waals surface area contributed by atoms with Crippen molar-refractivity contribution in [2.45, 2.75) is 44.9 Å². The summed E-state index contributed by atoms with van der Waals surface area (Å²) in [6.45, 7) is 6.96. The van der Waals surface area contributed by atoms with E-state index in [4.69, 9.17) is 11.6 Å². The number of carbonyl (C=O) groups is 2. The molecule has 1 aromatic heterocycles. The number of hydrogen-bond donors (Lipinski definition) is 3. The van der Waals surface area contributed by atoms with Gasteiger partial charge in [0.25, 0.3) is 11.8 Å². The first-order valence-electron chi connectivity index (χ1n) is 9.50. The van der Waals surface area contributed by atoms with Gasteiger partial charge in [0.15, 0.2) is 12.2 Å². The molecule has 6 nitrogen and oxygen atoms in total. The predicted octanol–water partition coefficient (Wildman–Crippen LogP) is 2.51. The zero-order valence-corrected chi connectivity index (χ0v) is 18.0. The lowest BCUT2D eigenvalue weighted by atomic mass is 10.1. The lowest BCUT2D eigenvalue weighted by molar-refractivity contribution is -0.152. The average Bonchev–Trinajstić information content (AvgIpc) is 3.40. The molecule has 158 valence electrons. The van der Waals surface area contributed by atoms with Gasteiger partial charge < -0.3 is 20.4 Å². The third-order valence-electron chi connectivity index (χ3n) is 4.64. The van der Waals surface area contributed by atoms with Crippen molar-refractivity contribution in [2.75, 3.05) is 13.1 Å². The fourth-order valence-electron chi connectivity index (χ4n) is 3.02. The van der Waals surface area contributed by atoms with Crippen molar-refractivity contribution in [2.24, 2.45) is 0 Å². The highest BCUT2D eigenvalue weighted by Gasteiger charge is 2.34. The molecule has 2 unspecified atom stereocenters. The van der Waals surface area contributed by atoms with Crippen molar-refractivity contribution in [3.63, 3.8) is 0 Å². The van der Waals surface area contributed by atoms with E-state index in [1.54, 1.807) is 6.08 Å². The van der Waals surface area contributed by atoms with Crippen molar-refractivity contribution in [1.29, 1.82) is 0 Å². The SMILES string of the molecule is C=C/C(Cc1csc(CNC(=O)C(O)C(O)C(=O)N2CCCC2)c1)=C(Cl)\C=C/C. The standard InChI is InChI=1S/C21H27ClN2O4S/c1-3-7-17(22)15(4-2)10-14-11-16(29-13-14)12-23-20(27)18(25)19(26)21(28)24-8-5-6-9-24/h3-4,7,11,13,18-19,25-26H,2,5-6,8-10,12H2,1H3,(H,23,27)/b7-3-,17-15-. The van der Waals surface area contributed by atoms with Crippen LogP contribution >= 0.6 is 22.9 Å². The number of carbonyl (C=O) groups excluding carboxylic acids is 2. The van der Waals surface area contributed by atoms with Crippen LogP contribution in [-0.2, 0) is 22.6 Å². The zero-order chi connectivity index (χ0) is 21.4. The minimum absolute atomic E-state index is 0.195. The molecule has 2 atom stereocenters. The maximum Gasteiger partial charge on any atom is 0.254 e. The molecule has 1 saturated heterocycles. The van der Waals surface area contributed by atoms with Gasteiger partial charge >= 0.3 is 0 Å². The van der Waals surface area contributed by atoms with E-state index in [0.29, 0.717) is 24.5 Å². The molecule has 1 fully saturated rings. The Morgan fingerprint density at radius 2 is 2.03 bits per heavy atom. The Hall–Kier alpha value is -1.93. The maximum absolute atomic E-state index is 12.1. The fourth-order valence-corrected chi connectivity index (χ4v) is 4.12. The van der Waals surface area contributed by atoms with Crippen LogP contribution in [0.15, 0.2) is 46.9 Å². The Bertz CT molecular complexity index is 796. The van der Waals surface area contributed by atoms with Gasteiger partial charge in [-0.1, -0.05) is 30.3 Å². The first kappa shape index (κ1) is 23.3. The summed E-state index contributed by atoms with van der Waals surface area (Å²) in [4.78, 5) is 26.6. The lowest BCUT2D eigenvalue weighted by Gasteiger charge is -2.22. The third-order valence-corrected chi connectivity index (χ3v) is 6.00. The average molecular weight is 439 g/mol. The minimum Gasteiger partial charge on any atom is -0.380 e. The van der Waals surface area contributed by atoms with E-state index in [1.165, 1.54) is 16.2 Å². The van der Waals surface area contributed by atoms with E-state index in [2.05, 4.69) is 11.9 Å². The third kappa shape index (κ3) is 6.54. The van der Waals surface area contributed by atoms with Gasteiger partial charge in [-0.05, 0) is 54.8 Å². The zero-order valence-electron chi connectivity index (χ0n) is 16.4. The molecule has 1 aliphatic rings. The van der Waals surface area contributed by atoms with Crippen LogP contribution < -0.4 is 5.32 Å². The quantitative estimate of drug-likeness (QED) is 0.517. The number of likely N-dealkylation sites (tertiary alicyclic amines) is 1. The molecule has 0 radical (unpaired) electrons. The Morgan fingerprint density at radius 3 is 2.66 bits per heavy atom. The Labute approximate surface area is 180 Å². The summed E-state index contributed by atoms with van der Waals surface area (Å²) in [5.74, 6) is -1.38. The van der Waals surface area contributed by atoms with Crippen LogP contribution in [0.3, 0.4) is 0 Å². The molecule has 3 N–H and O–H groups in total. The van der Waals surface area contributed by atoms with E-state index >= 15 is 0 Å². The molecular weight excluding hydrogens is 412 g/mol. The summed E-state index contributed by atoms with van der Waals surface area (Å²) in [5.41, 5.74) is 1.93. The van der Waals surface area contributed by atoms with Crippen LogP contribution in [-0.4, -0.2) is 52.2 Å². The number of allylic oxidation sites excluding steroid dienone is 5. The predicted molar refractivity (Wildman–Crippen MR) is 116 cm³/mol. The van der Waals surface area contributed by atoms with Gasteiger partial charge in [-0.25, -0.2) is 0 Å². The highest BCUT2D eigenvalue weighted by Crippen LogP contribution is 2.22. The van der Waals surface area contributed by atoms with Gasteiger partial charge in [0, 0.05) is 23.0 Å². The summed E-state index contributed by atoms with van der Waals surface area (Å²) >= 11 is 7.69. The lowest BCUT2D eigenvalue weighted by Crippen LogP contribution is -2.50. The first-order chi connectivity index (χ1) is 13.9. The van der Waals surface area contributed by atoms with E-state index in [0.717, 1.165) is 28.9 Å². The molecule has 0 aliphatic carbocycles. The van der Waals surface area contributed by atoms with Gasteiger partial charge in [0.1, 0.15) is 0 Å². The van der Waals surface area contributed by atoms with Gasteiger partial charge in [-0.3, -0.25) is 9.59 Å². The summed E-state index contributed by atoms with van der Waals surface area (Å²) in [7, 11) is 0. The number of amides is 2. The minimum atomic E-state index is -1.79. The monoisotopic (exact) mass is 438 g/mol. The van der Waals surface area contributed by atoms with Crippen molar-refractivity contribution >= 4 is 34.8 Å². The van der Waals surface area contributed by atoms with Crippen LogP contribution in [0.25, 0.3) is 0 Å². The summed E-state index contributed by atoms with van der Waals surface area (Å²) in [6, 6.07) is 1.94. The molecule has 0 bridgehead atoms. The fraction of sp³-hybridized carbons (Fsp3) is 0.429. The Morgan fingerprint density at radius 1 is 1.34 bits per heavy atom. The molecule has 8 heteroatoms. The number of aliphatic hydroxyl groups excluding tert-OH is 2. The molecule has 1 aliphatic heterocycles. The van der Waals surface area contributed by atoms with Crippen molar-refractivity contribution in [3.05, 3.63) is 57.3 Å². The molecule has 2 rings (SSSR count). The summed E-state index contributed by atoms with van der Waals surface area (Å²) in [5, 5.41) is 25.2. The second kappa shape index (κ2) is 11.3. The molecular formula is C21H27ClN2O4S. The largest absolute Gasteiger partial charge is 0.380 e. The van der Waals surface area contributed by atoms with Crippen LogP contribution in [0.5, 0.6) is 0 Å². The number of aliphatic hydroxyl groups is 2. The first-order valence-corrected chi connectivity index (χ1v) is 10.8. The summed E-state index contributed by atoms with van der Waals surface area (Å²) in [6.07, 6.45) is 4.18. The number of halogens is 1. The van der Waals surface area contributed by atoms with Crippen LogP contribution in [0, 0.1) is 0 Å². The molecule has 29 heavy (non-hydrogen) atoms. The number of nitrogens with one attached hydrogen (secondary N) is 1. The number of hydrogen-bond acceptors (Lipinski definition) is 5. The molecule has 0 aromatic carbocycles. The summed E-state index contributed by atoms with van der Waals surface area (Å²) < 4.78 is 0. The van der Waals surface area contributed by atoms with Crippen LogP contribution in [0.4, 0.5) is 0 Å². The topological polar surface area (TPSA) is 89.9 Å². The number of rotatable bonds is 9. The Balaban J connectivity index is 1.89. The smallest absolute Gasteiger partial charge is 0.254 e. The molecule has 0 saturated carbocycles. The van der Waals surface area contributed by atoms with Crippen molar-refractivity contribution < 1.29 is 19.8 Å².